The topological polar surface area (TPSA) is 40.5 Å². The molecule has 1 aromatic carbocycles. The van der Waals surface area contributed by atoms with Crippen molar-refractivity contribution in [2.75, 3.05) is 13.6 Å². The Labute approximate surface area is 125 Å². The van der Waals surface area contributed by atoms with E-state index in [1.54, 1.807) is 31.0 Å². The van der Waals surface area contributed by atoms with Gasteiger partial charge in [0.2, 0.25) is 5.91 Å². The van der Waals surface area contributed by atoms with E-state index in [1.807, 2.05) is 0 Å². The summed E-state index contributed by atoms with van der Waals surface area (Å²) < 4.78 is 13.2. The number of rotatable bonds is 4. The van der Waals surface area contributed by atoms with Crippen LogP contribution in [0.15, 0.2) is 30.3 Å². The molecule has 1 aliphatic rings. The first kappa shape index (κ1) is 15.7. The highest BCUT2D eigenvalue weighted by atomic mass is 19.1. The molecule has 3 nitrogen and oxygen atoms in total. The van der Waals surface area contributed by atoms with Crippen molar-refractivity contribution in [2.24, 2.45) is 5.92 Å². The summed E-state index contributed by atoms with van der Waals surface area (Å²) in [5.41, 5.74) is 1.44. The smallest absolute Gasteiger partial charge is 0.246 e. The zero-order valence-electron chi connectivity index (χ0n) is 12.6. The normalized spacial score (nSPS) is 22.4. The summed E-state index contributed by atoms with van der Waals surface area (Å²) in [6.45, 7) is 2.36. The summed E-state index contributed by atoms with van der Waals surface area (Å²) >= 11 is 0. The summed E-state index contributed by atoms with van der Waals surface area (Å²) in [6.07, 6.45) is 4.03. The van der Waals surface area contributed by atoms with E-state index in [9.17, 15) is 14.3 Å². The maximum atomic E-state index is 13.2. The Morgan fingerprint density at radius 2 is 2.24 bits per heavy atom. The number of likely N-dealkylation sites (N-methyl/N-ethyl adjacent to an activating group) is 1. The monoisotopic (exact) mass is 291 g/mol. The molecule has 1 aliphatic carbocycles. The lowest BCUT2D eigenvalue weighted by Gasteiger charge is -2.22. The van der Waals surface area contributed by atoms with Crippen LogP contribution in [0.1, 0.15) is 31.7 Å². The van der Waals surface area contributed by atoms with Gasteiger partial charge in [0.05, 0.1) is 6.10 Å². The first-order valence-corrected chi connectivity index (χ1v) is 7.35. The van der Waals surface area contributed by atoms with Crippen LogP contribution in [0.25, 0.3) is 5.57 Å². The van der Waals surface area contributed by atoms with Crippen LogP contribution in [0, 0.1) is 11.7 Å². The van der Waals surface area contributed by atoms with Gasteiger partial charge in [-0.25, -0.2) is 4.39 Å². The molecule has 0 aliphatic heterocycles. The van der Waals surface area contributed by atoms with Crippen LogP contribution in [0.2, 0.25) is 0 Å². The predicted molar refractivity (Wildman–Crippen MR) is 81.0 cm³/mol. The van der Waals surface area contributed by atoms with E-state index in [4.69, 9.17) is 0 Å². The van der Waals surface area contributed by atoms with Crippen molar-refractivity contribution in [3.63, 3.8) is 0 Å². The number of hydrogen-bond donors (Lipinski definition) is 1. The van der Waals surface area contributed by atoms with E-state index in [0.717, 1.165) is 24.8 Å². The third-order valence-corrected chi connectivity index (χ3v) is 4.12. The second-order valence-corrected chi connectivity index (χ2v) is 5.81. The van der Waals surface area contributed by atoms with Crippen molar-refractivity contribution >= 4 is 11.5 Å². The fourth-order valence-corrected chi connectivity index (χ4v) is 2.78. The molecule has 0 saturated heterocycles. The van der Waals surface area contributed by atoms with Crippen molar-refractivity contribution in [1.29, 1.82) is 0 Å². The molecule has 4 heteroatoms. The minimum absolute atomic E-state index is 0.115. The molecule has 21 heavy (non-hydrogen) atoms. The highest BCUT2D eigenvalue weighted by Crippen LogP contribution is 2.26. The number of amides is 1. The van der Waals surface area contributed by atoms with Gasteiger partial charge in [0.15, 0.2) is 0 Å². The number of aliphatic hydroxyl groups excluding tert-OH is 1. The van der Waals surface area contributed by atoms with Crippen LogP contribution < -0.4 is 0 Å². The highest BCUT2D eigenvalue weighted by Gasteiger charge is 2.27. The number of benzene rings is 1. The number of aliphatic hydroxyl groups is 1. The Bertz CT molecular complexity index is 541. The van der Waals surface area contributed by atoms with Gasteiger partial charge in [-0.3, -0.25) is 4.79 Å². The number of carbonyl (C=O) groups excluding carboxylic acids is 1. The third-order valence-electron chi connectivity index (χ3n) is 4.12. The van der Waals surface area contributed by atoms with Crippen LogP contribution >= 0.6 is 0 Å². The van der Waals surface area contributed by atoms with Crippen molar-refractivity contribution in [2.45, 2.75) is 32.3 Å². The number of halogens is 1. The van der Waals surface area contributed by atoms with Crippen LogP contribution in [0.5, 0.6) is 0 Å². The van der Waals surface area contributed by atoms with Crippen molar-refractivity contribution in [1.82, 2.24) is 4.90 Å². The molecule has 2 atom stereocenters. The molecule has 0 heterocycles. The van der Waals surface area contributed by atoms with Gasteiger partial charge in [0, 0.05) is 25.6 Å². The lowest BCUT2D eigenvalue weighted by molar-refractivity contribution is -0.125. The highest BCUT2D eigenvalue weighted by molar-refractivity contribution is 5.94. The van der Waals surface area contributed by atoms with E-state index in [1.165, 1.54) is 18.2 Å². The Balaban J connectivity index is 2.00. The van der Waals surface area contributed by atoms with Crippen LogP contribution in [-0.2, 0) is 4.79 Å². The first-order chi connectivity index (χ1) is 9.97. The molecule has 2 rings (SSSR count). The number of nitrogens with zero attached hydrogens (tertiary/aromatic N) is 1. The quantitative estimate of drug-likeness (QED) is 0.867. The average Bonchev–Trinajstić information content (AvgIpc) is 2.84. The molecule has 2 unspecified atom stereocenters. The summed E-state index contributed by atoms with van der Waals surface area (Å²) in [5.74, 6) is -0.257. The summed E-state index contributed by atoms with van der Waals surface area (Å²) in [5, 5.41) is 9.81. The lowest BCUT2D eigenvalue weighted by atomic mass is 10.0. The largest absolute Gasteiger partial charge is 0.393 e. The molecule has 1 saturated carbocycles. The Morgan fingerprint density at radius 1 is 1.48 bits per heavy atom. The minimum atomic E-state index is -0.310. The molecule has 1 aromatic rings. The fraction of sp³-hybridized carbons (Fsp3) is 0.471. The minimum Gasteiger partial charge on any atom is -0.393 e. The van der Waals surface area contributed by atoms with E-state index < -0.39 is 0 Å². The van der Waals surface area contributed by atoms with Gasteiger partial charge in [-0.15, -0.1) is 0 Å². The molecule has 1 fully saturated rings. The molecule has 1 amide bonds. The Hall–Kier alpha value is -1.68. The Morgan fingerprint density at radius 3 is 2.86 bits per heavy atom. The van der Waals surface area contributed by atoms with Gasteiger partial charge < -0.3 is 10.0 Å². The molecule has 0 spiro atoms. The maximum Gasteiger partial charge on any atom is 0.246 e. The lowest BCUT2D eigenvalue weighted by Crippen LogP contribution is -2.33. The second kappa shape index (κ2) is 6.85. The molecular weight excluding hydrogens is 269 g/mol. The predicted octanol–water partition coefficient (Wildman–Crippen LogP) is 2.85. The fourth-order valence-electron chi connectivity index (χ4n) is 2.78. The molecule has 0 aromatic heterocycles. The van der Waals surface area contributed by atoms with Gasteiger partial charge in [0.1, 0.15) is 5.82 Å². The molecule has 114 valence electrons. The summed E-state index contributed by atoms with van der Waals surface area (Å²) in [4.78, 5) is 13.8. The molecule has 0 bridgehead atoms. The SMILES string of the molecule is C/C(=C/C(=O)N(C)CC1CCCC1O)c1cccc(F)c1. The third kappa shape index (κ3) is 4.14. The van der Waals surface area contributed by atoms with Crippen molar-refractivity contribution in [3.8, 4) is 0 Å². The molecule has 1 N–H and O–H groups in total. The second-order valence-electron chi connectivity index (χ2n) is 5.81. The maximum absolute atomic E-state index is 13.2. The van der Waals surface area contributed by atoms with Crippen molar-refractivity contribution in [3.05, 3.63) is 41.7 Å². The average molecular weight is 291 g/mol. The van der Waals surface area contributed by atoms with E-state index >= 15 is 0 Å². The van der Waals surface area contributed by atoms with E-state index in [0.29, 0.717) is 12.1 Å². The zero-order chi connectivity index (χ0) is 15.4. The number of carbonyl (C=O) groups is 1. The van der Waals surface area contributed by atoms with Gasteiger partial charge in [-0.05, 0) is 43.0 Å². The first-order valence-electron chi connectivity index (χ1n) is 7.35. The Kier molecular flexibility index (Phi) is 5.12. The van der Waals surface area contributed by atoms with E-state index in [-0.39, 0.29) is 23.7 Å². The zero-order valence-corrected chi connectivity index (χ0v) is 12.6. The van der Waals surface area contributed by atoms with Gasteiger partial charge in [0.25, 0.3) is 0 Å². The van der Waals surface area contributed by atoms with Gasteiger partial charge in [-0.1, -0.05) is 18.6 Å². The van der Waals surface area contributed by atoms with E-state index in [2.05, 4.69) is 0 Å². The van der Waals surface area contributed by atoms with Crippen LogP contribution in [0.4, 0.5) is 4.39 Å². The van der Waals surface area contributed by atoms with Crippen LogP contribution in [0.3, 0.4) is 0 Å². The van der Waals surface area contributed by atoms with Crippen molar-refractivity contribution < 1.29 is 14.3 Å². The summed E-state index contributed by atoms with van der Waals surface area (Å²) in [7, 11) is 1.74. The van der Waals surface area contributed by atoms with Gasteiger partial charge in [-0.2, -0.15) is 0 Å². The number of allylic oxidation sites excluding steroid dienone is 1. The molecular formula is C17H22FNO2. The number of hydrogen-bond acceptors (Lipinski definition) is 2. The van der Waals surface area contributed by atoms with Crippen LogP contribution in [-0.4, -0.2) is 35.6 Å². The summed E-state index contributed by atoms with van der Waals surface area (Å²) in [6, 6.07) is 6.21. The molecule has 0 radical (unpaired) electrons. The standard InChI is InChI=1S/C17H22FNO2/c1-12(13-5-3-7-15(18)10-13)9-17(21)19(2)11-14-6-4-8-16(14)20/h3,5,7,9-10,14,16,20H,4,6,8,11H2,1-2H3/b12-9-. The van der Waals surface area contributed by atoms with Gasteiger partial charge >= 0.3 is 0 Å².